The van der Waals surface area contributed by atoms with Crippen molar-refractivity contribution in [2.75, 3.05) is 24.7 Å². The zero-order valence-electron chi connectivity index (χ0n) is 13.1. The number of halogens is 1. The topological polar surface area (TPSA) is 59.6 Å². The SMILES string of the molecule is COc1cccc(NC(N)=NCCCSc2ccccc2)c1.I. The van der Waals surface area contributed by atoms with Crippen molar-refractivity contribution in [3.05, 3.63) is 54.6 Å². The molecular weight excluding hydrogens is 421 g/mol. The van der Waals surface area contributed by atoms with Gasteiger partial charge in [-0.3, -0.25) is 4.99 Å². The summed E-state index contributed by atoms with van der Waals surface area (Å²) in [6, 6.07) is 18.0. The minimum atomic E-state index is 0. The van der Waals surface area contributed by atoms with E-state index in [1.807, 2.05) is 42.1 Å². The minimum absolute atomic E-state index is 0. The number of thioether (sulfide) groups is 1. The van der Waals surface area contributed by atoms with E-state index in [9.17, 15) is 0 Å². The third kappa shape index (κ3) is 7.60. The van der Waals surface area contributed by atoms with Gasteiger partial charge in [0, 0.05) is 23.2 Å². The normalized spacial score (nSPS) is 10.7. The highest BCUT2D eigenvalue weighted by atomic mass is 127. The van der Waals surface area contributed by atoms with E-state index < -0.39 is 0 Å². The molecule has 0 heterocycles. The van der Waals surface area contributed by atoms with Gasteiger partial charge in [-0.1, -0.05) is 24.3 Å². The van der Waals surface area contributed by atoms with Crippen molar-refractivity contribution < 1.29 is 4.74 Å². The Morgan fingerprint density at radius 2 is 1.96 bits per heavy atom. The quantitative estimate of drug-likeness (QED) is 0.221. The molecule has 2 aromatic rings. The molecule has 0 unspecified atom stereocenters. The molecule has 0 bridgehead atoms. The summed E-state index contributed by atoms with van der Waals surface area (Å²) >= 11 is 1.83. The number of guanidine groups is 1. The van der Waals surface area contributed by atoms with Crippen molar-refractivity contribution >= 4 is 47.4 Å². The molecule has 6 heteroatoms. The van der Waals surface area contributed by atoms with Crippen LogP contribution >= 0.6 is 35.7 Å². The van der Waals surface area contributed by atoms with Crippen molar-refractivity contribution in [2.24, 2.45) is 10.7 Å². The van der Waals surface area contributed by atoms with Crippen LogP contribution in [-0.2, 0) is 0 Å². The van der Waals surface area contributed by atoms with Gasteiger partial charge in [0.2, 0.25) is 0 Å². The van der Waals surface area contributed by atoms with E-state index >= 15 is 0 Å². The Bertz CT molecular complexity index is 608. The van der Waals surface area contributed by atoms with Gasteiger partial charge in [0.25, 0.3) is 0 Å². The third-order valence-electron chi connectivity index (χ3n) is 2.94. The molecule has 0 saturated carbocycles. The summed E-state index contributed by atoms with van der Waals surface area (Å²) < 4.78 is 5.17. The molecule has 4 nitrogen and oxygen atoms in total. The number of aliphatic imine (C=N–C) groups is 1. The third-order valence-corrected chi connectivity index (χ3v) is 4.04. The average molecular weight is 443 g/mol. The molecule has 0 aliphatic carbocycles. The summed E-state index contributed by atoms with van der Waals surface area (Å²) in [5, 5.41) is 3.07. The molecule has 0 spiro atoms. The summed E-state index contributed by atoms with van der Waals surface area (Å²) in [6.45, 7) is 0.711. The van der Waals surface area contributed by atoms with Crippen LogP contribution in [-0.4, -0.2) is 25.4 Å². The highest BCUT2D eigenvalue weighted by Crippen LogP contribution is 2.18. The van der Waals surface area contributed by atoms with E-state index in [-0.39, 0.29) is 24.0 Å². The first kappa shape index (κ1) is 19.6. The van der Waals surface area contributed by atoms with Gasteiger partial charge < -0.3 is 15.8 Å². The first-order valence-corrected chi connectivity index (χ1v) is 8.15. The number of hydrogen-bond donors (Lipinski definition) is 2. The number of benzene rings is 2. The number of nitrogens with one attached hydrogen (secondary N) is 1. The second kappa shape index (κ2) is 11.2. The second-order valence-corrected chi connectivity index (χ2v) is 5.81. The molecule has 2 rings (SSSR count). The van der Waals surface area contributed by atoms with Crippen molar-refractivity contribution in [3.8, 4) is 5.75 Å². The smallest absolute Gasteiger partial charge is 0.193 e. The molecular formula is C17H22IN3OS. The predicted molar refractivity (Wildman–Crippen MR) is 110 cm³/mol. The molecule has 2 aromatic carbocycles. The summed E-state index contributed by atoms with van der Waals surface area (Å²) in [5.41, 5.74) is 6.76. The molecule has 3 N–H and O–H groups in total. The number of ether oxygens (including phenoxy) is 1. The lowest BCUT2D eigenvalue weighted by atomic mass is 10.3. The summed E-state index contributed by atoms with van der Waals surface area (Å²) in [4.78, 5) is 5.62. The van der Waals surface area contributed by atoms with Crippen LogP contribution in [0.5, 0.6) is 5.75 Å². The van der Waals surface area contributed by atoms with Crippen LogP contribution in [0, 0.1) is 0 Å². The van der Waals surface area contributed by atoms with Crippen molar-refractivity contribution in [1.29, 1.82) is 0 Å². The Morgan fingerprint density at radius 1 is 1.17 bits per heavy atom. The van der Waals surface area contributed by atoms with Crippen LogP contribution in [0.3, 0.4) is 0 Å². The summed E-state index contributed by atoms with van der Waals surface area (Å²) in [7, 11) is 1.64. The fraction of sp³-hybridized carbons (Fsp3) is 0.235. The molecule has 0 fully saturated rings. The Labute approximate surface area is 158 Å². The number of hydrogen-bond acceptors (Lipinski definition) is 3. The van der Waals surface area contributed by atoms with E-state index in [1.165, 1.54) is 4.90 Å². The largest absolute Gasteiger partial charge is 0.497 e. The molecule has 0 radical (unpaired) electrons. The monoisotopic (exact) mass is 443 g/mol. The van der Waals surface area contributed by atoms with Crippen molar-refractivity contribution in [3.63, 3.8) is 0 Å². The van der Waals surface area contributed by atoms with Crippen LogP contribution in [0.1, 0.15) is 6.42 Å². The van der Waals surface area contributed by atoms with Crippen LogP contribution in [0.25, 0.3) is 0 Å². The Kier molecular flexibility index (Phi) is 9.54. The van der Waals surface area contributed by atoms with Gasteiger partial charge in [0.15, 0.2) is 5.96 Å². The molecule has 124 valence electrons. The lowest BCUT2D eigenvalue weighted by Crippen LogP contribution is -2.22. The number of nitrogens with zero attached hydrogens (tertiary/aromatic N) is 1. The maximum Gasteiger partial charge on any atom is 0.193 e. The summed E-state index contributed by atoms with van der Waals surface area (Å²) in [6.07, 6.45) is 0.986. The Hall–Kier alpha value is -1.41. The molecule has 0 atom stereocenters. The fourth-order valence-electron chi connectivity index (χ4n) is 1.86. The number of nitrogens with two attached hydrogens (primary N) is 1. The number of methoxy groups -OCH3 is 1. The van der Waals surface area contributed by atoms with E-state index in [0.717, 1.165) is 23.6 Å². The van der Waals surface area contributed by atoms with Gasteiger partial charge in [-0.25, -0.2) is 0 Å². The molecule has 0 saturated heterocycles. The van der Waals surface area contributed by atoms with Gasteiger partial charge in [-0.2, -0.15) is 0 Å². The van der Waals surface area contributed by atoms with Gasteiger partial charge in [-0.05, 0) is 36.4 Å². The van der Waals surface area contributed by atoms with Crippen molar-refractivity contribution in [1.82, 2.24) is 0 Å². The van der Waals surface area contributed by atoms with Crippen molar-refractivity contribution in [2.45, 2.75) is 11.3 Å². The van der Waals surface area contributed by atoms with Gasteiger partial charge in [0.05, 0.1) is 7.11 Å². The van der Waals surface area contributed by atoms with Crippen LogP contribution in [0.2, 0.25) is 0 Å². The molecule has 23 heavy (non-hydrogen) atoms. The highest BCUT2D eigenvalue weighted by Gasteiger charge is 1.97. The average Bonchev–Trinajstić information content (AvgIpc) is 2.55. The lowest BCUT2D eigenvalue weighted by Gasteiger charge is -2.07. The molecule has 0 aliphatic heterocycles. The summed E-state index contributed by atoms with van der Waals surface area (Å²) in [5.74, 6) is 2.25. The second-order valence-electron chi connectivity index (χ2n) is 4.64. The zero-order chi connectivity index (χ0) is 15.6. The van der Waals surface area contributed by atoms with Crippen LogP contribution in [0.4, 0.5) is 5.69 Å². The molecule has 0 aromatic heterocycles. The number of anilines is 1. The standard InChI is InChI=1S/C17H21N3OS.HI/c1-21-15-8-5-7-14(13-15)20-17(18)19-11-6-12-22-16-9-3-2-4-10-16;/h2-5,7-10,13H,6,11-12H2,1H3,(H3,18,19,20);1H. The van der Waals surface area contributed by atoms with Crippen LogP contribution in [0.15, 0.2) is 64.5 Å². The zero-order valence-corrected chi connectivity index (χ0v) is 16.2. The molecule has 0 aliphatic rings. The van der Waals surface area contributed by atoms with Gasteiger partial charge in [0.1, 0.15) is 5.75 Å². The first-order chi connectivity index (χ1) is 10.8. The minimum Gasteiger partial charge on any atom is -0.497 e. The van der Waals surface area contributed by atoms with E-state index in [2.05, 4.69) is 34.6 Å². The van der Waals surface area contributed by atoms with E-state index in [4.69, 9.17) is 10.5 Å². The maximum absolute atomic E-state index is 5.88. The van der Waals surface area contributed by atoms with E-state index in [1.54, 1.807) is 7.11 Å². The molecule has 0 amide bonds. The van der Waals surface area contributed by atoms with E-state index in [0.29, 0.717) is 12.5 Å². The van der Waals surface area contributed by atoms with Crippen LogP contribution < -0.4 is 15.8 Å². The predicted octanol–water partition coefficient (Wildman–Crippen LogP) is 4.22. The lowest BCUT2D eigenvalue weighted by molar-refractivity contribution is 0.415. The highest BCUT2D eigenvalue weighted by molar-refractivity contribution is 14.0. The first-order valence-electron chi connectivity index (χ1n) is 7.17. The van der Waals surface area contributed by atoms with Gasteiger partial charge in [-0.15, -0.1) is 35.7 Å². The number of rotatable bonds is 7. The fourth-order valence-corrected chi connectivity index (χ4v) is 2.72. The van der Waals surface area contributed by atoms with Gasteiger partial charge >= 0.3 is 0 Å². The maximum atomic E-state index is 5.88. The Morgan fingerprint density at radius 3 is 2.70 bits per heavy atom. The Balaban J connectivity index is 0.00000264.